The van der Waals surface area contributed by atoms with Gasteiger partial charge in [0.1, 0.15) is 4.21 Å². The highest BCUT2D eigenvalue weighted by molar-refractivity contribution is 9.11. The molecule has 0 amide bonds. The van der Waals surface area contributed by atoms with Gasteiger partial charge in [0.15, 0.2) is 0 Å². The molecule has 0 atom stereocenters. The Bertz CT molecular complexity index is 493. The first kappa shape index (κ1) is 12.5. The van der Waals surface area contributed by atoms with Crippen molar-refractivity contribution in [3.05, 3.63) is 15.4 Å². The molecule has 1 aromatic rings. The van der Waals surface area contributed by atoms with Gasteiger partial charge in [-0.3, -0.25) is 0 Å². The number of thiophene rings is 1. The van der Waals surface area contributed by atoms with E-state index in [0.29, 0.717) is 4.21 Å². The predicted molar refractivity (Wildman–Crippen MR) is 66.1 cm³/mol. The van der Waals surface area contributed by atoms with Crippen LogP contribution in [0.15, 0.2) is 14.1 Å². The van der Waals surface area contributed by atoms with Crippen molar-refractivity contribution in [1.29, 1.82) is 0 Å². The third-order valence-electron chi connectivity index (χ3n) is 2.46. The molecule has 1 fully saturated rings. The van der Waals surface area contributed by atoms with Crippen LogP contribution < -0.4 is 0 Å². The summed E-state index contributed by atoms with van der Waals surface area (Å²) in [6, 6.07) is 1.65. The van der Waals surface area contributed by atoms with Crippen molar-refractivity contribution < 1.29 is 13.5 Å². The van der Waals surface area contributed by atoms with Crippen LogP contribution in [0, 0.1) is 6.92 Å². The average molecular weight is 326 g/mol. The second kappa shape index (κ2) is 3.78. The highest BCUT2D eigenvalue weighted by atomic mass is 79.9. The number of nitrogens with zero attached hydrogens (tertiary/aromatic N) is 1. The van der Waals surface area contributed by atoms with E-state index >= 15 is 0 Å². The summed E-state index contributed by atoms with van der Waals surface area (Å²) in [7, 11) is -3.41. The van der Waals surface area contributed by atoms with Gasteiger partial charge in [0.25, 0.3) is 10.0 Å². The molecular formula is C9H12BrNO3S2. The van der Waals surface area contributed by atoms with Crippen LogP contribution in [0.2, 0.25) is 0 Å². The van der Waals surface area contributed by atoms with Crippen LogP contribution in [-0.2, 0) is 10.0 Å². The molecule has 16 heavy (non-hydrogen) atoms. The van der Waals surface area contributed by atoms with Crippen molar-refractivity contribution in [3.63, 3.8) is 0 Å². The molecule has 1 N–H and O–H groups in total. The number of aliphatic hydroxyl groups is 1. The first-order valence-electron chi connectivity index (χ1n) is 4.71. The molecule has 2 heterocycles. The number of sulfonamides is 1. The lowest BCUT2D eigenvalue weighted by molar-refractivity contribution is -0.0425. The molecule has 90 valence electrons. The van der Waals surface area contributed by atoms with E-state index in [9.17, 15) is 13.5 Å². The fourth-order valence-corrected chi connectivity index (χ4v) is 5.62. The third-order valence-corrected chi connectivity index (χ3v) is 6.84. The Hall–Kier alpha value is 0.0500. The van der Waals surface area contributed by atoms with Crippen LogP contribution >= 0.6 is 27.3 Å². The van der Waals surface area contributed by atoms with Gasteiger partial charge in [0, 0.05) is 13.1 Å². The lowest BCUT2D eigenvalue weighted by Crippen LogP contribution is -2.61. The molecule has 0 unspecified atom stereocenters. The van der Waals surface area contributed by atoms with Gasteiger partial charge in [0.2, 0.25) is 0 Å². The fourth-order valence-electron chi connectivity index (χ4n) is 1.57. The van der Waals surface area contributed by atoms with Crippen LogP contribution in [0.1, 0.15) is 12.5 Å². The topological polar surface area (TPSA) is 57.6 Å². The predicted octanol–water partition coefficient (Wildman–Crippen LogP) is 1.57. The van der Waals surface area contributed by atoms with E-state index in [1.807, 2.05) is 6.92 Å². The average Bonchev–Trinajstić information content (AvgIpc) is 2.43. The highest BCUT2D eigenvalue weighted by Gasteiger charge is 2.44. The Balaban J connectivity index is 2.27. The van der Waals surface area contributed by atoms with Crippen molar-refractivity contribution >= 4 is 37.3 Å². The summed E-state index contributed by atoms with van der Waals surface area (Å²) in [6.07, 6.45) is 0. The van der Waals surface area contributed by atoms with Gasteiger partial charge in [-0.25, -0.2) is 8.42 Å². The summed E-state index contributed by atoms with van der Waals surface area (Å²) >= 11 is 4.51. The first-order chi connectivity index (χ1) is 7.22. The molecule has 0 saturated carbocycles. The maximum atomic E-state index is 12.1. The number of rotatable bonds is 2. The fraction of sp³-hybridized carbons (Fsp3) is 0.556. The largest absolute Gasteiger partial charge is 0.387 e. The Kier molecular flexibility index (Phi) is 2.95. The SMILES string of the molecule is Cc1cc(S(=O)(=O)N2CC(C)(O)C2)sc1Br. The standard InChI is InChI=1S/C9H12BrNO3S2/c1-6-3-7(15-8(6)10)16(13,14)11-4-9(2,12)5-11/h3,12H,4-5H2,1-2H3. The summed E-state index contributed by atoms with van der Waals surface area (Å²) in [4.78, 5) is 0. The van der Waals surface area contributed by atoms with Crippen LogP contribution in [0.5, 0.6) is 0 Å². The number of halogens is 1. The zero-order valence-electron chi connectivity index (χ0n) is 8.90. The molecule has 4 nitrogen and oxygen atoms in total. The molecule has 7 heteroatoms. The Morgan fingerprint density at radius 2 is 2.12 bits per heavy atom. The second-order valence-electron chi connectivity index (χ2n) is 4.29. The summed E-state index contributed by atoms with van der Waals surface area (Å²) < 4.78 is 26.6. The number of hydrogen-bond acceptors (Lipinski definition) is 4. The molecule has 0 bridgehead atoms. The normalized spacial score (nSPS) is 20.8. The molecule has 0 spiro atoms. The van der Waals surface area contributed by atoms with Gasteiger partial charge in [0.05, 0.1) is 9.39 Å². The Morgan fingerprint density at radius 1 is 1.56 bits per heavy atom. The summed E-state index contributed by atoms with van der Waals surface area (Å²) in [5.41, 5.74) is 0.0345. The second-order valence-corrected chi connectivity index (χ2v) is 8.83. The van der Waals surface area contributed by atoms with Crippen LogP contribution in [0.4, 0.5) is 0 Å². The lowest BCUT2D eigenvalue weighted by atomic mass is 10.0. The van der Waals surface area contributed by atoms with Gasteiger partial charge < -0.3 is 5.11 Å². The lowest BCUT2D eigenvalue weighted by Gasteiger charge is -2.42. The summed E-state index contributed by atoms with van der Waals surface area (Å²) in [6.45, 7) is 3.83. The third kappa shape index (κ3) is 2.06. The number of β-amino-alcohol motifs (C(OH)–C–C–N with tert-alkyl or cyclic N) is 1. The summed E-state index contributed by atoms with van der Waals surface area (Å²) in [5.74, 6) is 0. The van der Waals surface area contributed by atoms with Gasteiger partial charge in [-0.05, 0) is 41.4 Å². The minimum absolute atomic E-state index is 0.171. The molecule has 1 aliphatic heterocycles. The van der Waals surface area contributed by atoms with E-state index in [-0.39, 0.29) is 13.1 Å². The molecule has 0 aliphatic carbocycles. The van der Waals surface area contributed by atoms with E-state index in [0.717, 1.165) is 9.35 Å². The Labute approximate surface area is 107 Å². The Morgan fingerprint density at radius 3 is 2.50 bits per heavy atom. The minimum atomic E-state index is -3.41. The van der Waals surface area contributed by atoms with E-state index < -0.39 is 15.6 Å². The summed E-state index contributed by atoms with van der Waals surface area (Å²) in [5, 5.41) is 9.54. The molecule has 0 radical (unpaired) electrons. The van der Waals surface area contributed by atoms with Crippen molar-refractivity contribution in [2.24, 2.45) is 0 Å². The molecule has 1 aromatic heterocycles. The van der Waals surface area contributed by atoms with E-state index in [1.54, 1.807) is 13.0 Å². The molecular weight excluding hydrogens is 314 g/mol. The van der Waals surface area contributed by atoms with Gasteiger partial charge in [-0.1, -0.05) is 0 Å². The number of hydrogen-bond donors (Lipinski definition) is 1. The van der Waals surface area contributed by atoms with Crippen LogP contribution in [-0.4, -0.2) is 36.5 Å². The van der Waals surface area contributed by atoms with E-state index in [4.69, 9.17) is 0 Å². The van der Waals surface area contributed by atoms with Crippen LogP contribution in [0.3, 0.4) is 0 Å². The zero-order chi connectivity index (χ0) is 12.1. The van der Waals surface area contributed by atoms with Crippen molar-refractivity contribution in [1.82, 2.24) is 4.31 Å². The smallest absolute Gasteiger partial charge is 0.252 e. The van der Waals surface area contributed by atoms with Crippen molar-refractivity contribution in [3.8, 4) is 0 Å². The monoisotopic (exact) mass is 325 g/mol. The molecule has 0 aromatic carbocycles. The molecule has 1 aliphatic rings. The van der Waals surface area contributed by atoms with Crippen LogP contribution in [0.25, 0.3) is 0 Å². The quantitative estimate of drug-likeness (QED) is 0.898. The van der Waals surface area contributed by atoms with Gasteiger partial charge >= 0.3 is 0 Å². The zero-order valence-corrected chi connectivity index (χ0v) is 12.1. The maximum Gasteiger partial charge on any atom is 0.252 e. The van der Waals surface area contributed by atoms with Gasteiger partial charge in [-0.2, -0.15) is 4.31 Å². The highest BCUT2D eigenvalue weighted by Crippen LogP contribution is 2.35. The van der Waals surface area contributed by atoms with Crippen molar-refractivity contribution in [2.75, 3.05) is 13.1 Å². The molecule has 2 rings (SSSR count). The van der Waals surface area contributed by atoms with E-state index in [2.05, 4.69) is 15.9 Å². The number of aryl methyl sites for hydroxylation is 1. The van der Waals surface area contributed by atoms with Crippen molar-refractivity contribution in [2.45, 2.75) is 23.7 Å². The first-order valence-corrected chi connectivity index (χ1v) is 7.76. The molecule has 1 saturated heterocycles. The van der Waals surface area contributed by atoms with E-state index in [1.165, 1.54) is 15.6 Å². The van der Waals surface area contributed by atoms with Gasteiger partial charge in [-0.15, -0.1) is 11.3 Å². The maximum absolute atomic E-state index is 12.1. The minimum Gasteiger partial charge on any atom is -0.387 e.